The van der Waals surface area contributed by atoms with Crippen LogP contribution in [-0.4, -0.2) is 10.9 Å². The van der Waals surface area contributed by atoms with Crippen molar-refractivity contribution in [2.45, 2.75) is 26.4 Å². The molecule has 1 N–H and O–H groups in total. The number of nitrogens with zero attached hydrogens (tertiary/aromatic N) is 1. The van der Waals surface area contributed by atoms with Gasteiger partial charge in [0, 0.05) is 17.4 Å². The Hall–Kier alpha value is -2.30. The second-order valence-electron chi connectivity index (χ2n) is 5.32. The van der Waals surface area contributed by atoms with Gasteiger partial charge in [-0.05, 0) is 56.7 Å². The van der Waals surface area contributed by atoms with Crippen molar-refractivity contribution >= 4 is 11.6 Å². The highest BCUT2D eigenvalue weighted by Gasteiger charge is 2.21. The van der Waals surface area contributed by atoms with Gasteiger partial charge in [0.25, 0.3) is 5.91 Å². The Morgan fingerprint density at radius 2 is 1.86 bits per heavy atom. The topological polar surface area (TPSA) is 42.0 Å². The number of nitrogens with one attached hydrogen (secondary N) is 1. The van der Waals surface area contributed by atoms with E-state index < -0.39 is 11.6 Å². The van der Waals surface area contributed by atoms with Gasteiger partial charge in [-0.15, -0.1) is 0 Å². The molecule has 0 atom stereocenters. The monoisotopic (exact) mass is 290 g/mol. The van der Waals surface area contributed by atoms with Gasteiger partial charge in [0.05, 0.1) is 0 Å². The third-order valence-electron chi connectivity index (χ3n) is 3.08. The van der Waals surface area contributed by atoms with Crippen molar-refractivity contribution in [1.29, 1.82) is 0 Å². The van der Waals surface area contributed by atoms with Crippen molar-refractivity contribution in [3.63, 3.8) is 0 Å². The van der Waals surface area contributed by atoms with Crippen LogP contribution in [0, 0.1) is 12.7 Å². The number of carbonyl (C=O) groups excluding carboxylic acids is 1. The SMILES string of the molecule is Cc1cc(C(C)(C)F)cnc1C(=O)Nc1ccc(F)cc1. The van der Waals surface area contributed by atoms with Crippen LogP contribution in [0.2, 0.25) is 0 Å². The van der Waals surface area contributed by atoms with Crippen molar-refractivity contribution in [3.8, 4) is 0 Å². The molecule has 0 bridgehead atoms. The lowest BCUT2D eigenvalue weighted by Gasteiger charge is -2.16. The van der Waals surface area contributed by atoms with Gasteiger partial charge in [-0.3, -0.25) is 9.78 Å². The smallest absolute Gasteiger partial charge is 0.274 e. The maximum Gasteiger partial charge on any atom is 0.274 e. The molecule has 21 heavy (non-hydrogen) atoms. The van der Waals surface area contributed by atoms with E-state index >= 15 is 0 Å². The summed E-state index contributed by atoms with van der Waals surface area (Å²) in [7, 11) is 0. The number of carbonyl (C=O) groups is 1. The molecule has 0 saturated carbocycles. The molecule has 2 rings (SSSR count). The number of hydrogen-bond acceptors (Lipinski definition) is 2. The Bertz CT molecular complexity index is 661. The lowest BCUT2D eigenvalue weighted by atomic mass is 10.00. The molecular weight excluding hydrogens is 274 g/mol. The van der Waals surface area contributed by atoms with E-state index in [1.165, 1.54) is 44.3 Å². The van der Waals surface area contributed by atoms with Crippen LogP contribution in [0.4, 0.5) is 14.5 Å². The second kappa shape index (κ2) is 5.60. The molecule has 0 fully saturated rings. The maximum atomic E-state index is 13.8. The van der Waals surface area contributed by atoms with E-state index in [0.717, 1.165) is 0 Å². The summed E-state index contributed by atoms with van der Waals surface area (Å²) >= 11 is 0. The van der Waals surface area contributed by atoms with Crippen LogP contribution in [-0.2, 0) is 5.67 Å². The minimum Gasteiger partial charge on any atom is -0.321 e. The van der Waals surface area contributed by atoms with Crippen molar-refractivity contribution in [2.75, 3.05) is 5.32 Å². The number of aryl methyl sites for hydroxylation is 1. The number of benzene rings is 1. The van der Waals surface area contributed by atoms with Gasteiger partial charge in [-0.1, -0.05) is 0 Å². The van der Waals surface area contributed by atoms with Gasteiger partial charge in [-0.2, -0.15) is 0 Å². The standard InChI is InChI=1S/C16H16F2N2O/c1-10-8-11(16(2,3)18)9-19-14(10)15(21)20-13-6-4-12(17)5-7-13/h4-9H,1-3H3,(H,20,21). The highest BCUT2D eigenvalue weighted by Crippen LogP contribution is 2.25. The van der Waals surface area contributed by atoms with Gasteiger partial charge in [0.2, 0.25) is 0 Å². The molecule has 2 aromatic rings. The van der Waals surface area contributed by atoms with E-state index in [1.807, 2.05) is 0 Å². The Kier molecular flexibility index (Phi) is 4.02. The van der Waals surface area contributed by atoms with Crippen molar-refractivity contribution in [3.05, 3.63) is 59.2 Å². The number of halogens is 2. The van der Waals surface area contributed by atoms with Crippen LogP contribution in [0.25, 0.3) is 0 Å². The summed E-state index contributed by atoms with van der Waals surface area (Å²) in [5.74, 6) is -0.792. The van der Waals surface area contributed by atoms with Crippen molar-refractivity contribution in [1.82, 2.24) is 4.98 Å². The molecule has 1 aromatic heterocycles. The Balaban J connectivity index is 2.22. The first kappa shape index (κ1) is 15.1. The molecule has 1 aromatic carbocycles. The summed E-state index contributed by atoms with van der Waals surface area (Å²) in [5, 5.41) is 2.62. The van der Waals surface area contributed by atoms with Gasteiger partial charge >= 0.3 is 0 Å². The van der Waals surface area contributed by atoms with Crippen LogP contribution in [0.15, 0.2) is 36.5 Å². The lowest BCUT2D eigenvalue weighted by molar-refractivity contribution is 0.102. The van der Waals surface area contributed by atoms with E-state index in [0.29, 0.717) is 16.8 Å². The Morgan fingerprint density at radius 3 is 2.38 bits per heavy atom. The minimum absolute atomic E-state index is 0.215. The molecule has 0 unspecified atom stereocenters. The first-order chi connectivity index (χ1) is 9.77. The van der Waals surface area contributed by atoms with Crippen LogP contribution < -0.4 is 5.32 Å². The summed E-state index contributed by atoms with van der Waals surface area (Å²) in [6, 6.07) is 7.03. The third-order valence-corrected chi connectivity index (χ3v) is 3.08. The quantitative estimate of drug-likeness (QED) is 0.928. The number of amides is 1. The van der Waals surface area contributed by atoms with Crippen LogP contribution in [0.5, 0.6) is 0 Å². The van der Waals surface area contributed by atoms with E-state index in [2.05, 4.69) is 10.3 Å². The molecule has 0 saturated heterocycles. The predicted molar refractivity (Wildman–Crippen MR) is 77.5 cm³/mol. The number of hydrogen-bond donors (Lipinski definition) is 1. The Morgan fingerprint density at radius 1 is 1.24 bits per heavy atom. The maximum absolute atomic E-state index is 13.8. The predicted octanol–water partition coefficient (Wildman–Crippen LogP) is 3.99. The fourth-order valence-corrected chi connectivity index (χ4v) is 1.86. The van der Waals surface area contributed by atoms with E-state index in [-0.39, 0.29) is 11.5 Å². The molecule has 0 spiro atoms. The van der Waals surface area contributed by atoms with Gasteiger partial charge in [-0.25, -0.2) is 8.78 Å². The van der Waals surface area contributed by atoms with Gasteiger partial charge < -0.3 is 5.32 Å². The molecule has 1 amide bonds. The van der Waals surface area contributed by atoms with Crippen LogP contribution in [0.1, 0.15) is 35.5 Å². The average Bonchev–Trinajstić information content (AvgIpc) is 2.40. The molecule has 110 valence electrons. The second-order valence-corrected chi connectivity index (χ2v) is 5.32. The largest absolute Gasteiger partial charge is 0.321 e. The fourth-order valence-electron chi connectivity index (χ4n) is 1.86. The molecule has 0 radical (unpaired) electrons. The average molecular weight is 290 g/mol. The fraction of sp³-hybridized carbons (Fsp3) is 0.250. The molecular formula is C16H16F2N2O. The Labute approximate surface area is 122 Å². The lowest BCUT2D eigenvalue weighted by Crippen LogP contribution is -2.17. The van der Waals surface area contributed by atoms with E-state index in [4.69, 9.17) is 0 Å². The molecule has 0 aliphatic heterocycles. The number of pyridine rings is 1. The van der Waals surface area contributed by atoms with E-state index in [1.54, 1.807) is 13.0 Å². The normalized spacial score (nSPS) is 11.3. The molecule has 0 aliphatic rings. The number of rotatable bonds is 3. The van der Waals surface area contributed by atoms with Crippen molar-refractivity contribution < 1.29 is 13.6 Å². The molecule has 5 heteroatoms. The van der Waals surface area contributed by atoms with Gasteiger partial charge in [0.1, 0.15) is 17.2 Å². The molecule has 3 nitrogen and oxygen atoms in total. The van der Waals surface area contributed by atoms with E-state index in [9.17, 15) is 13.6 Å². The highest BCUT2D eigenvalue weighted by molar-refractivity contribution is 6.03. The van der Waals surface area contributed by atoms with Crippen molar-refractivity contribution in [2.24, 2.45) is 0 Å². The zero-order chi connectivity index (χ0) is 15.6. The molecule has 0 aliphatic carbocycles. The van der Waals surface area contributed by atoms with Crippen LogP contribution >= 0.6 is 0 Å². The van der Waals surface area contributed by atoms with Gasteiger partial charge in [0.15, 0.2) is 0 Å². The minimum atomic E-state index is -1.51. The summed E-state index contributed by atoms with van der Waals surface area (Å²) < 4.78 is 26.6. The summed E-state index contributed by atoms with van der Waals surface area (Å²) in [6.07, 6.45) is 1.35. The molecule has 1 heterocycles. The summed E-state index contributed by atoms with van der Waals surface area (Å²) in [4.78, 5) is 16.2. The number of anilines is 1. The first-order valence-electron chi connectivity index (χ1n) is 6.50. The summed E-state index contributed by atoms with van der Waals surface area (Å²) in [6.45, 7) is 4.56. The number of alkyl halides is 1. The van der Waals surface area contributed by atoms with Crippen LogP contribution in [0.3, 0.4) is 0 Å². The highest BCUT2D eigenvalue weighted by atomic mass is 19.1. The zero-order valence-electron chi connectivity index (χ0n) is 12.1. The summed E-state index contributed by atoms with van der Waals surface area (Å²) in [5.41, 5.74) is 0.171. The third kappa shape index (κ3) is 3.62. The zero-order valence-corrected chi connectivity index (χ0v) is 12.1. The number of aromatic nitrogens is 1. The first-order valence-corrected chi connectivity index (χ1v) is 6.50.